The van der Waals surface area contributed by atoms with E-state index in [1.807, 2.05) is 0 Å². The number of ketones is 1. The number of halogens is 1. The summed E-state index contributed by atoms with van der Waals surface area (Å²) in [6.07, 6.45) is 2.73. The van der Waals surface area contributed by atoms with Gasteiger partial charge in [0.25, 0.3) is 0 Å². The van der Waals surface area contributed by atoms with Crippen LogP contribution in [-0.2, 0) is 4.79 Å². The Kier molecular flexibility index (Phi) is 7.91. The first-order valence-corrected chi connectivity index (χ1v) is 7.36. The van der Waals surface area contributed by atoms with E-state index >= 15 is 0 Å². The number of hydrogen-bond donors (Lipinski definition) is 2. The minimum absolute atomic E-state index is 0. The summed E-state index contributed by atoms with van der Waals surface area (Å²) in [5.41, 5.74) is 0.612. The standard InChI is InChI=1S/C16H22N2O3.ClH/c1-21-14-6-4-12(5-7-14)15(19)8-9-16(20)18-11-13-3-2-10-17-13;/h4-7,13,17H,2-3,8-11H2,1H3,(H,18,20);1H. The Balaban J connectivity index is 0.00000242. The number of carbonyl (C=O) groups is 2. The molecule has 0 aromatic heterocycles. The number of Topliss-reactive ketones (excluding diaryl/α,β-unsaturated/α-hetero) is 1. The SMILES string of the molecule is COc1ccc(C(=O)CCC(=O)NCC2CCCN2)cc1.Cl. The van der Waals surface area contributed by atoms with Gasteiger partial charge in [-0.25, -0.2) is 0 Å². The Labute approximate surface area is 137 Å². The summed E-state index contributed by atoms with van der Waals surface area (Å²) in [7, 11) is 1.58. The van der Waals surface area contributed by atoms with Crippen LogP contribution in [-0.4, -0.2) is 37.9 Å². The molecule has 1 saturated heterocycles. The lowest BCUT2D eigenvalue weighted by Gasteiger charge is -2.11. The van der Waals surface area contributed by atoms with Gasteiger partial charge in [-0.2, -0.15) is 0 Å². The topological polar surface area (TPSA) is 67.4 Å². The highest BCUT2D eigenvalue weighted by Gasteiger charge is 2.15. The van der Waals surface area contributed by atoms with Crippen molar-refractivity contribution in [3.63, 3.8) is 0 Å². The molecule has 1 amide bonds. The van der Waals surface area contributed by atoms with Crippen LogP contribution in [0.1, 0.15) is 36.0 Å². The van der Waals surface area contributed by atoms with Crippen LogP contribution in [0.5, 0.6) is 5.75 Å². The fraction of sp³-hybridized carbons (Fsp3) is 0.500. The molecule has 2 N–H and O–H groups in total. The number of amides is 1. The molecule has 1 atom stereocenters. The fourth-order valence-electron chi connectivity index (χ4n) is 2.40. The molecule has 2 rings (SSSR count). The van der Waals surface area contributed by atoms with Gasteiger partial charge < -0.3 is 15.4 Å². The van der Waals surface area contributed by atoms with Gasteiger partial charge in [-0.1, -0.05) is 0 Å². The van der Waals surface area contributed by atoms with E-state index in [1.54, 1.807) is 31.4 Å². The molecule has 1 fully saturated rings. The maximum absolute atomic E-state index is 12.0. The average molecular weight is 327 g/mol. The minimum atomic E-state index is -0.0643. The number of nitrogens with one attached hydrogen (secondary N) is 2. The van der Waals surface area contributed by atoms with E-state index < -0.39 is 0 Å². The lowest BCUT2D eigenvalue weighted by atomic mass is 10.1. The second-order valence-electron chi connectivity index (χ2n) is 5.25. The van der Waals surface area contributed by atoms with E-state index in [0.717, 1.165) is 19.4 Å². The molecular formula is C16H23ClN2O3. The fourth-order valence-corrected chi connectivity index (χ4v) is 2.40. The van der Waals surface area contributed by atoms with Crippen molar-refractivity contribution in [3.8, 4) is 5.75 Å². The molecule has 22 heavy (non-hydrogen) atoms. The molecule has 0 aliphatic carbocycles. The van der Waals surface area contributed by atoms with Crippen LogP contribution in [0.15, 0.2) is 24.3 Å². The van der Waals surface area contributed by atoms with Crippen molar-refractivity contribution in [2.24, 2.45) is 0 Å². The molecule has 0 radical (unpaired) electrons. The number of hydrogen-bond acceptors (Lipinski definition) is 4. The van der Waals surface area contributed by atoms with Crippen molar-refractivity contribution in [1.29, 1.82) is 0 Å². The van der Waals surface area contributed by atoms with Gasteiger partial charge in [-0.15, -0.1) is 12.4 Å². The van der Waals surface area contributed by atoms with E-state index in [4.69, 9.17) is 4.74 Å². The van der Waals surface area contributed by atoms with Crippen LogP contribution in [0.25, 0.3) is 0 Å². The minimum Gasteiger partial charge on any atom is -0.497 e. The van der Waals surface area contributed by atoms with Gasteiger partial charge in [-0.3, -0.25) is 9.59 Å². The molecule has 1 aliphatic heterocycles. The van der Waals surface area contributed by atoms with Crippen molar-refractivity contribution in [1.82, 2.24) is 10.6 Å². The Hall–Kier alpha value is -1.59. The Morgan fingerprint density at radius 1 is 1.27 bits per heavy atom. The third kappa shape index (κ3) is 5.66. The average Bonchev–Trinajstić information content (AvgIpc) is 3.04. The lowest BCUT2D eigenvalue weighted by Crippen LogP contribution is -2.37. The number of rotatable bonds is 7. The first-order chi connectivity index (χ1) is 10.2. The molecule has 1 aromatic carbocycles. The largest absolute Gasteiger partial charge is 0.497 e. The summed E-state index contributed by atoms with van der Waals surface area (Å²) in [5, 5.41) is 6.20. The highest BCUT2D eigenvalue weighted by Crippen LogP contribution is 2.13. The highest BCUT2D eigenvalue weighted by atomic mass is 35.5. The molecule has 0 spiro atoms. The van der Waals surface area contributed by atoms with Crippen LogP contribution in [0.4, 0.5) is 0 Å². The first kappa shape index (κ1) is 18.5. The van der Waals surface area contributed by atoms with E-state index in [2.05, 4.69) is 10.6 Å². The van der Waals surface area contributed by atoms with Gasteiger partial charge in [0.05, 0.1) is 7.11 Å². The smallest absolute Gasteiger partial charge is 0.220 e. The number of methoxy groups -OCH3 is 1. The molecule has 122 valence electrons. The molecular weight excluding hydrogens is 304 g/mol. The molecule has 1 unspecified atom stereocenters. The van der Waals surface area contributed by atoms with Crippen molar-refractivity contribution in [2.45, 2.75) is 31.7 Å². The normalized spacial score (nSPS) is 16.7. The molecule has 6 heteroatoms. The quantitative estimate of drug-likeness (QED) is 0.752. The lowest BCUT2D eigenvalue weighted by molar-refractivity contribution is -0.121. The molecule has 1 heterocycles. The van der Waals surface area contributed by atoms with Crippen molar-refractivity contribution in [2.75, 3.05) is 20.2 Å². The van der Waals surface area contributed by atoms with Crippen LogP contribution < -0.4 is 15.4 Å². The third-order valence-electron chi connectivity index (χ3n) is 3.70. The Morgan fingerprint density at radius 2 is 2.00 bits per heavy atom. The van der Waals surface area contributed by atoms with Crippen LogP contribution in [0.3, 0.4) is 0 Å². The van der Waals surface area contributed by atoms with E-state index in [0.29, 0.717) is 23.9 Å². The van der Waals surface area contributed by atoms with Crippen LogP contribution in [0, 0.1) is 0 Å². The maximum Gasteiger partial charge on any atom is 0.220 e. The molecule has 1 aromatic rings. The summed E-state index contributed by atoms with van der Waals surface area (Å²) < 4.78 is 5.05. The monoisotopic (exact) mass is 326 g/mol. The van der Waals surface area contributed by atoms with Gasteiger partial charge >= 0.3 is 0 Å². The van der Waals surface area contributed by atoms with Crippen molar-refractivity contribution < 1.29 is 14.3 Å². The summed E-state index contributed by atoms with van der Waals surface area (Å²) in [5.74, 6) is 0.630. The number of ether oxygens (including phenoxy) is 1. The summed E-state index contributed by atoms with van der Waals surface area (Å²) in [6, 6.07) is 7.33. The van der Waals surface area contributed by atoms with E-state index in [1.165, 1.54) is 0 Å². The first-order valence-electron chi connectivity index (χ1n) is 7.36. The second-order valence-corrected chi connectivity index (χ2v) is 5.25. The zero-order valence-corrected chi connectivity index (χ0v) is 13.6. The van der Waals surface area contributed by atoms with E-state index in [9.17, 15) is 9.59 Å². The zero-order valence-electron chi connectivity index (χ0n) is 12.8. The van der Waals surface area contributed by atoms with Crippen LogP contribution >= 0.6 is 12.4 Å². The molecule has 5 nitrogen and oxygen atoms in total. The van der Waals surface area contributed by atoms with Gasteiger partial charge in [0.2, 0.25) is 5.91 Å². The van der Waals surface area contributed by atoms with Gasteiger partial charge in [0.15, 0.2) is 5.78 Å². The van der Waals surface area contributed by atoms with Crippen molar-refractivity contribution >= 4 is 24.1 Å². The van der Waals surface area contributed by atoms with Crippen LogP contribution in [0.2, 0.25) is 0 Å². The zero-order chi connectivity index (χ0) is 15.1. The Bertz CT molecular complexity index is 485. The van der Waals surface area contributed by atoms with Crippen molar-refractivity contribution in [3.05, 3.63) is 29.8 Å². The number of carbonyl (C=O) groups excluding carboxylic acids is 2. The summed E-state index contributed by atoms with van der Waals surface area (Å²) in [4.78, 5) is 23.7. The third-order valence-corrected chi connectivity index (χ3v) is 3.70. The van der Waals surface area contributed by atoms with E-state index in [-0.39, 0.29) is 36.9 Å². The van der Waals surface area contributed by atoms with Gasteiger partial charge in [0, 0.05) is 31.0 Å². The highest BCUT2D eigenvalue weighted by molar-refractivity contribution is 5.98. The Morgan fingerprint density at radius 3 is 2.59 bits per heavy atom. The summed E-state index contributed by atoms with van der Waals surface area (Å²) >= 11 is 0. The predicted molar refractivity (Wildman–Crippen MR) is 87.8 cm³/mol. The van der Waals surface area contributed by atoms with Gasteiger partial charge in [0.1, 0.15) is 5.75 Å². The second kappa shape index (κ2) is 9.43. The maximum atomic E-state index is 12.0. The predicted octanol–water partition coefficient (Wildman–Crippen LogP) is 1.95. The summed E-state index contributed by atoms with van der Waals surface area (Å²) in [6.45, 7) is 1.67. The van der Waals surface area contributed by atoms with Gasteiger partial charge in [-0.05, 0) is 43.7 Å². The number of benzene rings is 1. The molecule has 0 saturated carbocycles. The molecule has 0 bridgehead atoms. The molecule has 1 aliphatic rings.